The molecule has 25 heavy (non-hydrogen) atoms. The zero-order valence-corrected chi connectivity index (χ0v) is 15.3. The fourth-order valence-electron chi connectivity index (χ4n) is 2.14. The Morgan fingerprint density at radius 1 is 1.16 bits per heavy atom. The summed E-state index contributed by atoms with van der Waals surface area (Å²) in [5.74, 6) is 0. The Morgan fingerprint density at radius 2 is 1.92 bits per heavy atom. The number of hydrogen-bond acceptors (Lipinski definition) is 6. The first-order valence-electron chi connectivity index (χ1n) is 7.24. The molecule has 4 N–H and O–H groups in total. The molecule has 9 heteroatoms. The standard InChI is InChI=1S/C16H15ClN4O2S2/c17-13-10-12(25(22,23)21-16-19-8-9-24-16)6-7-14(13)20-15(18)11-4-2-1-3-5-11/h1-10,15,20H,18H2,(H,19,21)/t15-/m1/s1. The van der Waals surface area contributed by atoms with Crippen LogP contribution >= 0.6 is 22.9 Å². The number of aromatic nitrogens is 1. The number of nitrogens with zero attached hydrogens (tertiary/aromatic N) is 1. The van der Waals surface area contributed by atoms with E-state index in [9.17, 15) is 8.42 Å². The monoisotopic (exact) mass is 394 g/mol. The third-order valence-electron chi connectivity index (χ3n) is 3.37. The van der Waals surface area contributed by atoms with E-state index in [1.807, 2.05) is 30.3 Å². The molecule has 3 rings (SSSR count). The van der Waals surface area contributed by atoms with E-state index in [1.165, 1.54) is 29.7 Å². The Balaban J connectivity index is 1.79. The summed E-state index contributed by atoms with van der Waals surface area (Å²) in [6.45, 7) is 0. The van der Waals surface area contributed by atoms with Gasteiger partial charge in [0.1, 0.15) is 6.17 Å². The molecule has 2 aromatic carbocycles. The average molecular weight is 395 g/mol. The van der Waals surface area contributed by atoms with Crippen LogP contribution in [-0.2, 0) is 10.0 Å². The molecular weight excluding hydrogens is 380 g/mol. The van der Waals surface area contributed by atoms with Crippen LogP contribution in [0.3, 0.4) is 0 Å². The van der Waals surface area contributed by atoms with Gasteiger partial charge in [-0.15, -0.1) is 11.3 Å². The molecule has 130 valence electrons. The van der Waals surface area contributed by atoms with Gasteiger partial charge in [0.15, 0.2) is 5.13 Å². The summed E-state index contributed by atoms with van der Waals surface area (Å²) in [6.07, 6.45) is 1.06. The van der Waals surface area contributed by atoms with Crippen molar-refractivity contribution in [2.24, 2.45) is 5.73 Å². The number of sulfonamides is 1. The van der Waals surface area contributed by atoms with Gasteiger partial charge in [0.2, 0.25) is 0 Å². The average Bonchev–Trinajstić information content (AvgIpc) is 3.09. The molecule has 3 aromatic rings. The Hall–Kier alpha value is -2.13. The van der Waals surface area contributed by atoms with Crippen LogP contribution in [0.25, 0.3) is 0 Å². The summed E-state index contributed by atoms with van der Waals surface area (Å²) in [6, 6.07) is 13.9. The molecule has 6 nitrogen and oxygen atoms in total. The molecule has 0 aliphatic carbocycles. The van der Waals surface area contributed by atoms with Gasteiger partial charge in [-0.05, 0) is 23.8 Å². The SMILES string of the molecule is N[C@H](Nc1ccc(S(=O)(=O)Nc2nccs2)cc1Cl)c1ccccc1. The van der Waals surface area contributed by atoms with Gasteiger partial charge in [-0.25, -0.2) is 13.4 Å². The van der Waals surface area contributed by atoms with E-state index in [0.29, 0.717) is 10.8 Å². The van der Waals surface area contributed by atoms with E-state index < -0.39 is 16.2 Å². The van der Waals surface area contributed by atoms with E-state index in [2.05, 4.69) is 15.0 Å². The van der Waals surface area contributed by atoms with E-state index in [0.717, 1.165) is 5.56 Å². The van der Waals surface area contributed by atoms with Crippen LogP contribution in [0.2, 0.25) is 5.02 Å². The predicted octanol–water partition coefficient (Wildman–Crippen LogP) is 3.67. The molecule has 0 saturated carbocycles. The van der Waals surface area contributed by atoms with E-state index in [1.54, 1.807) is 11.4 Å². The van der Waals surface area contributed by atoms with Crippen molar-refractivity contribution in [2.75, 3.05) is 10.0 Å². The lowest BCUT2D eigenvalue weighted by Crippen LogP contribution is -2.20. The summed E-state index contributed by atoms with van der Waals surface area (Å²) in [4.78, 5) is 3.95. The number of hydrogen-bond donors (Lipinski definition) is 3. The second kappa shape index (κ2) is 7.40. The topological polar surface area (TPSA) is 97.1 Å². The first-order valence-corrected chi connectivity index (χ1v) is 9.99. The van der Waals surface area contributed by atoms with Gasteiger partial charge in [0, 0.05) is 11.6 Å². The number of nitrogens with one attached hydrogen (secondary N) is 2. The smallest absolute Gasteiger partial charge is 0.263 e. The lowest BCUT2D eigenvalue weighted by atomic mass is 10.2. The highest BCUT2D eigenvalue weighted by Crippen LogP contribution is 2.28. The van der Waals surface area contributed by atoms with Crippen molar-refractivity contribution in [3.05, 3.63) is 70.7 Å². The molecule has 0 unspecified atom stereocenters. The summed E-state index contributed by atoms with van der Waals surface area (Å²) < 4.78 is 27.1. The zero-order chi connectivity index (χ0) is 17.9. The number of anilines is 2. The molecule has 0 amide bonds. The molecule has 0 aliphatic heterocycles. The minimum absolute atomic E-state index is 0.0477. The van der Waals surface area contributed by atoms with E-state index in [4.69, 9.17) is 17.3 Å². The van der Waals surface area contributed by atoms with Crippen LogP contribution in [0.15, 0.2) is 65.0 Å². The summed E-state index contributed by atoms with van der Waals surface area (Å²) in [7, 11) is -3.75. The van der Waals surface area contributed by atoms with Crippen molar-refractivity contribution in [3.63, 3.8) is 0 Å². The van der Waals surface area contributed by atoms with Gasteiger partial charge in [0.25, 0.3) is 10.0 Å². The second-order valence-corrected chi connectivity index (χ2v) is 8.10. The fraction of sp³-hybridized carbons (Fsp3) is 0.0625. The maximum atomic E-state index is 12.4. The summed E-state index contributed by atoms with van der Waals surface area (Å²) in [5, 5.41) is 5.31. The lowest BCUT2D eigenvalue weighted by Gasteiger charge is -2.17. The molecule has 0 fully saturated rings. The van der Waals surface area contributed by atoms with Gasteiger partial charge >= 0.3 is 0 Å². The summed E-state index contributed by atoms with van der Waals surface area (Å²) >= 11 is 7.42. The van der Waals surface area contributed by atoms with Crippen molar-refractivity contribution in [3.8, 4) is 0 Å². The van der Waals surface area contributed by atoms with Crippen molar-refractivity contribution in [1.82, 2.24) is 4.98 Å². The van der Waals surface area contributed by atoms with Crippen LogP contribution in [-0.4, -0.2) is 13.4 Å². The Bertz CT molecular complexity index is 948. The van der Waals surface area contributed by atoms with Crippen LogP contribution in [0.1, 0.15) is 11.7 Å². The van der Waals surface area contributed by atoms with Gasteiger partial charge in [-0.3, -0.25) is 4.72 Å². The highest BCUT2D eigenvalue weighted by Gasteiger charge is 2.17. The van der Waals surface area contributed by atoms with Crippen molar-refractivity contribution >= 4 is 43.8 Å². The van der Waals surface area contributed by atoms with Crippen LogP contribution in [0.5, 0.6) is 0 Å². The lowest BCUT2D eigenvalue weighted by molar-refractivity contribution is 0.601. The number of thiazole rings is 1. The number of nitrogens with two attached hydrogens (primary N) is 1. The Morgan fingerprint density at radius 3 is 2.56 bits per heavy atom. The molecule has 1 atom stereocenters. The normalized spacial score (nSPS) is 12.6. The molecule has 0 spiro atoms. The highest BCUT2D eigenvalue weighted by molar-refractivity contribution is 7.93. The highest BCUT2D eigenvalue weighted by atomic mass is 35.5. The maximum absolute atomic E-state index is 12.4. The number of halogens is 1. The second-order valence-electron chi connectivity index (χ2n) is 5.12. The van der Waals surface area contributed by atoms with Crippen molar-refractivity contribution < 1.29 is 8.42 Å². The fourth-order valence-corrected chi connectivity index (χ4v) is 4.25. The zero-order valence-electron chi connectivity index (χ0n) is 12.9. The molecule has 0 saturated heterocycles. The minimum Gasteiger partial charge on any atom is -0.365 e. The predicted molar refractivity (Wildman–Crippen MR) is 101 cm³/mol. The summed E-state index contributed by atoms with van der Waals surface area (Å²) in [5.41, 5.74) is 7.54. The van der Waals surface area contributed by atoms with Crippen LogP contribution in [0.4, 0.5) is 10.8 Å². The molecule has 1 aromatic heterocycles. The molecule has 0 bridgehead atoms. The molecular formula is C16H15ClN4O2S2. The first kappa shape index (κ1) is 17.7. The Kier molecular flexibility index (Phi) is 5.24. The maximum Gasteiger partial charge on any atom is 0.263 e. The quantitative estimate of drug-likeness (QED) is 0.554. The van der Waals surface area contributed by atoms with Crippen LogP contribution in [0, 0.1) is 0 Å². The Labute approximate surface area is 154 Å². The van der Waals surface area contributed by atoms with Crippen molar-refractivity contribution in [1.29, 1.82) is 0 Å². The largest absolute Gasteiger partial charge is 0.365 e. The molecule has 0 radical (unpaired) electrons. The van der Waals surface area contributed by atoms with Gasteiger partial charge in [-0.1, -0.05) is 41.9 Å². The minimum atomic E-state index is -3.75. The van der Waals surface area contributed by atoms with Crippen LogP contribution < -0.4 is 15.8 Å². The van der Waals surface area contributed by atoms with Crippen molar-refractivity contribution in [2.45, 2.75) is 11.1 Å². The molecule has 0 aliphatic rings. The van der Waals surface area contributed by atoms with E-state index >= 15 is 0 Å². The van der Waals surface area contributed by atoms with Gasteiger partial charge in [-0.2, -0.15) is 0 Å². The van der Waals surface area contributed by atoms with Gasteiger partial charge < -0.3 is 11.1 Å². The third kappa shape index (κ3) is 4.29. The molecule has 1 heterocycles. The first-order chi connectivity index (χ1) is 12.0. The van der Waals surface area contributed by atoms with Gasteiger partial charge in [0.05, 0.1) is 15.6 Å². The third-order valence-corrected chi connectivity index (χ3v) is 5.84. The number of rotatable bonds is 6. The number of benzene rings is 2. The van der Waals surface area contributed by atoms with E-state index in [-0.39, 0.29) is 9.92 Å².